The zero-order valence-electron chi connectivity index (χ0n) is 8.75. The second kappa shape index (κ2) is 4.61. The number of hydroxylamine groups is 2. The Bertz CT molecular complexity index is 182. The fourth-order valence-electron chi connectivity index (χ4n) is 2.01. The Kier molecular flexibility index (Phi) is 3.72. The molecule has 76 valence electrons. The number of hydrogen-bond acceptors (Lipinski definition) is 2. The summed E-state index contributed by atoms with van der Waals surface area (Å²) in [7, 11) is 3.21. The van der Waals surface area contributed by atoms with Gasteiger partial charge in [-0.2, -0.15) is 0 Å². The number of amides is 1. The van der Waals surface area contributed by atoms with E-state index in [0.717, 1.165) is 12.8 Å². The third kappa shape index (κ3) is 2.69. The van der Waals surface area contributed by atoms with Crippen LogP contribution in [0.25, 0.3) is 0 Å². The summed E-state index contributed by atoms with van der Waals surface area (Å²) >= 11 is 0. The van der Waals surface area contributed by atoms with E-state index in [9.17, 15) is 4.79 Å². The first-order chi connectivity index (χ1) is 6.15. The minimum absolute atomic E-state index is 0.133. The largest absolute Gasteiger partial charge is 0.275 e. The summed E-state index contributed by atoms with van der Waals surface area (Å²) in [4.78, 5) is 16.6. The van der Waals surface area contributed by atoms with Crippen LogP contribution in [0.1, 0.15) is 32.6 Å². The lowest BCUT2D eigenvalue weighted by Crippen LogP contribution is -2.34. The molecule has 0 unspecified atom stereocenters. The average molecular weight is 185 g/mol. The topological polar surface area (TPSA) is 29.5 Å². The second-order valence-electron chi connectivity index (χ2n) is 3.99. The molecule has 0 aliphatic heterocycles. The Hall–Kier alpha value is -0.570. The van der Waals surface area contributed by atoms with Gasteiger partial charge in [-0.05, 0) is 18.8 Å². The lowest BCUT2D eigenvalue weighted by atomic mass is 9.82. The molecule has 0 saturated heterocycles. The van der Waals surface area contributed by atoms with Crippen molar-refractivity contribution in [1.82, 2.24) is 5.06 Å². The van der Waals surface area contributed by atoms with Crippen LogP contribution in [0.3, 0.4) is 0 Å². The highest BCUT2D eigenvalue weighted by Gasteiger charge is 2.27. The molecule has 1 fully saturated rings. The monoisotopic (exact) mass is 185 g/mol. The SMILES string of the molecule is CON(C)C(=O)[C@H]1CCC[C@@H](C)C1. The first-order valence-corrected chi connectivity index (χ1v) is 4.96. The standard InChI is InChI=1S/C10H19NO2/c1-8-5-4-6-9(7-8)10(12)11(2)13-3/h8-9H,4-7H2,1-3H3/t8-,9+/m1/s1. The quantitative estimate of drug-likeness (QED) is 0.614. The molecule has 0 heterocycles. The van der Waals surface area contributed by atoms with Crippen molar-refractivity contribution >= 4 is 5.91 Å². The minimum Gasteiger partial charge on any atom is -0.275 e. The van der Waals surface area contributed by atoms with Crippen molar-refractivity contribution in [3.63, 3.8) is 0 Å². The molecule has 0 aromatic carbocycles. The van der Waals surface area contributed by atoms with Crippen LogP contribution in [0.4, 0.5) is 0 Å². The molecule has 0 spiro atoms. The summed E-state index contributed by atoms with van der Waals surface area (Å²) in [5.41, 5.74) is 0. The molecule has 0 N–H and O–H groups in total. The van der Waals surface area contributed by atoms with Crippen molar-refractivity contribution in [1.29, 1.82) is 0 Å². The van der Waals surface area contributed by atoms with Gasteiger partial charge < -0.3 is 0 Å². The van der Waals surface area contributed by atoms with E-state index in [4.69, 9.17) is 4.84 Å². The van der Waals surface area contributed by atoms with Crippen LogP contribution in [0.5, 0.6) is 0 Å². The second-order valence-corrected chi connectivity index (χ2v) is 3.99. The van der Waals surface area contributed by atoms with Gasteiger partial charge in [-0.3, -0.25) is 9.63 Å². The Morgan fingerprint density at radius 1 is 1.46 bits per heavy atom. The first kappa shape index (κ1) is 10.5. The maximum atomic E-state index is 11.7. The van der Waals surface area contributed by atoms with Gasteiger partial charge in [0.1, 0.15) is 0 Å². The van der Waals surface area contributed by atoms with Gasteiger partial charge >= 0.3 is 0 Å². The Labute approximate surface area is 80.0 Å². The van der Waals surface area contributed by atoms with Crippen LogP contribution in [-0.2, 0) is 9.63 Å². The highest BCUT2D eigenvalue weighted by atomic mass is 16.7. The van der Waals surface area contributed by atoms with Crippen LogP contribution in [0.2, 0.25) is 0 Å². The number of carbonyl (C=O) groups is 1. The normalized spacial score (nSPS) is 28.5. The molecule has 1 aliphatic carbocycles. The smallest absolute Gasteiger partial charge is 0.248 e. The van der Waals surface area contributed by atoms with Crippen molar-refractivity contribution in [3.05, 3.63) is 0 Å². The van der Waals surface area contributed by atoms with E-state index < -0.39 is 0 Å². The third-order valence-electron chi connectivity index (χ3n) is 2.87. The van der Waals surface area contributed by atoms with E-state index >= 15 is 0 Å². The van der Waals surface area contributed by atoms with Crippen LogP contribution in [0.15, 0.2) is 0 Å². The third-order valence-corrected chi connectivity index (χ3v) is 2.87. The lowest BCUT2D eigenvalue weighted by Gasteiger charge is -2.28. The molecule has 3 nitrogen and oxygen atoms in total. The van der Waals surface area contributed by atoms with Gasteiger partial charge in [-0.1, -0.05) is 19.8 Å². The highest BCUT2D eigenvalue weighted by Crippen LogP contribution is 2.29. The number of carbonyl (C=O) groups excluding carboxylic acids is 1. The zero-order valence-corrected chi connectivity index (χ0v) is 8.75. The predicted octanol–water partition coefficient (Wildman–Crippen LogP) is 1.83. The van der Waals surface area contributed by atoms with E-state index in [-0.39, 0.29) is 11.8 Å². The van der Waals surface area contributed by atoms with Gasteiger partial charge in [0.25, 0.3) is 0 Å². The summed E-state index contributed by atoms with van der Waals surface area (Å²) in [6.07, 6.45) is 4.49. The molecule has 2 atom stereocenters. The van der Waals surface area contributed by atoms with Crippen molar-refractivity contribution in [2.75, 3.05) is 14.2 Å². The first-order valence-electron chi connectivity index (χ1n) is 4.96. The fourth-order valence-corrected chi connectivity index (χ4v) is 2.01. The lowest BCUT2D eigenvalue weighted by molar-refractivity contribution is -0.174. The molecule has 0 aromatic rings. The molecule has 0 aromatic heterocycles. The van der Waals surface area contributed by atoms with E-state index in [1.54, 1.807) is 7.05 Å². The molecule has 0 radical (unpaired) electrons. The van der Waals surface area contributed by atoms with Crippen LogP contribution < -0.4 is 0 Å². The number of hydrogen-bond donors (Lipinski definition) is 0. The van der Waals surface area contributed by atoms with Crippen molar-refractivity contribution in [2.45, 2.75) is 32.6 Å². The summed E-state index contributed by atoms with van der Waals surface area (Å²) < 4.78 is 0. The number of nitrogens with zero attached hydrogens (tertiary/aromatic N) is 1. The Morgan fingerprint density at radius 3 is 2.69 bits per heavy atom. The highest BCUT2D eigenvalue weighted by molar-refractivity contribution is 5.77. The average Bonchev–Trinajstić information content (AvgIpc) is 2.15. The van der Waals surface area contributed by atoms with E-state index in [0.29, 0.717) is 5.92 Å². The van der Waals surface area contributed by atoms with Gasteiger partial charge in [-0.25, -0.2) is 5.06 Å². The summed E-state index contributed by atoms with van der Waals surface area (Å²) in [5, 5.41) is 1.35. The van der Waals surface area contributed by atoms with Crippen molar-refractivity contribution in [3.8, 4) is 0 Å². The van der Waals surface area contributed by atoms with Crippen LogP contribution in [-0.4, -0.2) is 25.1 Å². The molecule has 3 heteroatoms. The summed E-state index contributed by atoms with van der Waals surface area (Å²) in [6, 6.07) is 0. The molecular formula is C10H19NO2. The Balaban J connectivity index is 2.46. The maximum Gasteiger partial charge on any atom is 0.248 e. The summed E-state index contributed by atoms with van der Waals surface area (Å²) in [6.45, 7) is 2.21. The Morgan fingerprint density at radius 2 is 2.15 bits per heavy atom. The van der Waals surface area contributed by atoms with E-state index in [1.165, 1.54) is 25.0 Å². The van der Waals surface area contributed by atoms with Gasteiger partial charge in [0.05, 0.1) is 7.11 Å². The van der Waals surface area contributed by atoms with E-state index in [1.807, 2.05) is 0 Å². The van der Waals surface area contributed by atoms with Gasteiger partial charge in [0, 0.05) is 13.0 Å². The predicted molar refractivity (Wildman–Crippen MR) is 50.9 cm³/mol. The van der Waals surface area contributed by atoms with Gasteiger partial charge in [0.2, 0.25) is 5.91 Å². The van der Waals surface area contributed by atoms with Gasteiger partial charge in [-0.15, -0.1) is 0 Å². The van der Waals surface area contributed by atoms with Crippen LogP contribution in [0, 0.1) is 11.8 Å². The van der Waals surface area contributed by atoms with Crippen molar-refractivity contribution in [2.24, 2.45) is 11.8 Å². The molecule has 1 amide bonds. The fraction of sp³-hybridized carbons (Fsp3) is 0.900. The van der Waals surface area contributed by atoms with Crippen molar-refractivity contribution < 1.29 is 9.63 Å². The maximum absolute atomic E-state index is 11.7. The molecule has 1 rings (SSSR count). The van der Waals surface area contributed by atoms with E-state index in [2.05, 4.69) is 6.92 Å². The molecular weight excluding hydrogens is 166 g/mol. The number of rotatable bonds is 2. The molecule has 0 bridgehead atoms. The zero-order chi connectivity index (χ0) is 9.84. The molecule has 1 saturated carbocycles. The minimum atomic E-state index is 0.133. The summed E-state index contributed by atoms with van der Waals surface area (Å²) in [5.74, 6) is 1.01. The van der Waals surface area contributed by atoms with Gasteiger partial charge in [0.15, 0.2) is 0 Å². The molecule has 1 aliphatic rings. The molecule has 13 heavy (non-hydrogen) atoms. The van der Waals surface area contributed by atoms with Crippen LogP contribution >= 0.6 is 0 Å².